The molecule has 27 nitrogen and oxygen atoms in total. The fourth-order valence-corrected chi connectivity index (χ4v) is 11.9. The quantitative estimate of drug-likeness (QED) is 0.0540. The minimum atomic E-state index is -3.38. The minimum Gasteiger partial charge on any atom is -0.483 e. The molecule has 1 amide bonds. The number of aliphatic hydroxyl groups is 2. The number of carbonyl (C=O) groups is 2. The number of piperidine rings is 2. The van der Waals surface area contributed by atoms with Gasteiger partial charge in [0.25, 0.3) is 11.8 Å². The van der Waals surface area contributed by atoms with Crippen molar-refractivity contribution in [3.05, 3.63) is 96.6 Å². The number of carboxylic acids is 1. The molecular weight excluding hydrogens is 1270 g/mol. The molecule has 2 unspecified atom stereocenters. The third-order valence-electron chi connectivity index (χ3n) is 17.4. The van der Waals surface area contributed by atoms with Gasteiger partial charge >= 0.3 is 11.9 Å². The van der Waals surface area contributed by atoms with Crippen LogP contribution >= 0.6 is 0 Å². The number of ether oxygens (including phenoxy) is 6. The fourth-order valence-electron chi connectivity index (χ4n) is 11.9. The number of likely N-dealkylation sites (tertiary alicyclic amines) is 1. The highest BCUT2D eigenvalue weighted by Crippen LogP contribution is 2.38. The van der Waals surface area contributed by atoms with Crippen LogP contribution in [0.2, 0.25) is 0 Å². The zero-order valence-electron chi connectivity index (χ0n) is 54.4. The summed E-state index contributed by atoms with van der Waals surface area (Å²) >= 11 is 0. The van der Waals surface area contributed by atoms with Crippen molar-refractivity contribution in [2.75, 3.05) is 127 Å². The summed E-state index contributed by atoms with van der Waals surface area (Å²) in [7, 11) is 3.20. The Bertz CT molecular complexity index is 3820. The second-order valence-corrected chi connectivity index (χ2v) is 24.3. The Balaban J connectivity index is 0.000000195. The molecule has 0 aliphatic carbocycles. The van der Waals surface area contributed by atoms with Gasteiger partial charge in [-0.1, -0.05) is 0 Å². The summed E-state index contributed by atoms with van der Waals surface area (Å²) in [5, 5.41) is 53.9. The third kappa shape index (κ3) is 17.1. The van der Waals surface area contributed by atoms with Gasteiger partial charge in [0.2, 0.25) is 11.8 Å². The normalized spacial score (nSPS) is 21.6. The van der Waals surface area contributed by atoms with Crippen molar-refractivity contribution in [2.45, 2.75) is 101 Å². The lowest BCUT2D eigenvalue weighted by molar-refractivity contribution is -0.165. The molecule has 0 bridgehead atoms. The second-order valence-electron chi connectivity index (χ2n) is 24.3. The summed E-state index contributed by atoms with van der Waals surface area (Å²) in [6.07, 6.45) is -2.69. The van der Waals surface area contributed by atoms with Gasteiger partial charge in [-0.25, -0.2) is 42.3 Å². The van der Waals surface area contributed by atoms with E-state index in [1.165, 1.54) is 44.7 Å². The Morgan fingerprint density at radius 3 is 1.48 bits per heavy atom. The SMILES string of the molecule is COc1nc(Nc2cc(-c3ccc(OC4CCN(C(=O)[C@H](C)O)CC4(F)F)c(C#N)c3)ncn2)ccc1N1CCN(C2COC2)C[C@@H]1C.COc1nc(Nc2cc(-c3ccc(OC4CCNCC4(F)F)c(C#N)c3)ncn2)ccc1N1CCN(C2COC2)C[C@@H]1C.C[C@H](O)C(=O)O. The Morgan fingerprint density at radius 1 is 0.639 bits per heavy atom. The van der Waals surface area contributed by atoms with Crippen LogP contribution in [0.25, 0.3) is 22.5 Å². The van der Waals surface area contributed by atoms with Gasteiger partial charge in [0.15, 0.2) is 12.2 Å². The number of aliphatic hydroxyl groups excluding tert-OH is 2. The van der Waals surface area contributed by atoms with Crippen LogP contribution in [0.3, 0.4) is 0 Å². The largest absolute Gasteiger partial charge is 0.483 e. The highest BCUT2D eigenvalue weighted by atomic mass is 19.3. The molecule has 6 aliphatic rings. The first-order chi connectivity index (χ1) is 46.5. The number of hydrogen-bond donors (Lipinski definition) is 6. The van der Waals surface area contributed by atoms with Gasteiger partial charge in [-0.05, 0) is 94.9 Å². The molecule has 6 fully saturated rings. The number of pyridine rings is 2. The first-order valence-electron chi connectivity index (χ1n) is 31.8. The Labute approximate surface area is 557 Å². The van der Waals surface area contributed by atoms with E-state index < -0.39 is 61.2 Å². The minimum absolute atomic E-state index is 0.00203. The van der Waals surface area contributed by atoms with Gasteiger partial charge in [0.05, 0.1) is 88.3 Å². The number of benzene rings is 2. The number of aliphatic carboxylic acids is 1. The molecule has 6 saturated heterocycles. The first-order valence-corrected chi connectivity index (χ1v) is 31.8. The van der Waals surface area contributed by atoms with Crippen LogP contribution in [0.4, 0.5) is 52.2 Å². The summed E-state index contributed by atoms with van der Waals surface area (Å²) in [5.41, 5.74) is 4.24. The summed E-state index contributed by atoms with van der Waals surface area (Å²) in [6.45, 7) is 14.6. The van der Waals surface area contributed by atoms with Gasteiger partial charge < -0.3 is 74.4 Å². The Morgan fingerprint density at radius 2 is 1.10 bits per heavy atom. The van der Waals surface area contributed by atoms with E-state index in [-0.39, 0.29) is 48.1 Å². The monoisotopic (exact) mass is 1350 g/mol. The molecule has 6 aliphatic heterocycles. The zero-order valence-corrected chi connectivity index (χ0v) is 54.4. The maximum Gasteiger partial charge on any atom is 0.332 e. The summed E-state index contributed by atoms with van der Waals surface area (Å²) in [5.74, 6) is -5.23. The molecule has 31 heteroatoms. The standard InChI is InChI=1S/C33H38F2N8O5.C30H34F2N8O3.C3H6O3/c1-20-15-41(24-16-47-17-24)10-11-43(20)26-5-7-29(40-31(26)46-3)39-30-13-25(37-19-38-30)22-4-6-27(23(12-22)14-36)48-28-8-9-42(18-33(28,34)35)32(45)21(2)44;1-19-14-39(22-15-42-16-22)9-10-40(19)24-4-6-27(38-29(24)41-2)37-28-12-23(35-18-36-28)20-3-5-25(21(11-20)13-33)43-26-7-8-34-17-30(26,31)32;1-2(4)3(5)6/h4-7,12-13,19-21,24,28,44H,8-11,15-18H2,1-3H3,(H,37,38,39,40);3-6,11-12,18-19,22,26,34H,7-10,14-17H2,1-2H3,(H,35,36,37,38);2,4H,1H3,(H,5,6)/t20-,21-,28?;19-,26?;2-/m000/s1. The molecule has 0 radical (unpaired) electrons. The van der Waals surface area contributed by atoms with E-state index in [2.05, 4.69) is 80.4 Å². The molecule has 97 heavy (non-hydrogen) atoms. The first kappa shape index (κ1) is 70.5. The van der Waals surface area contributed by atoms with Crippen molar-refractivity contribution in [2.24, 2.45) is 0 Å². The van der Waals surface area contributed by atoms with Gasteiger partial charge in [-0.2, -0.15) is 20.5 Å². The average Bonchev–Trinajstić information content (AvgIpc) is 0.821. The van der Waals surface area contributed by atoms with E-state index in [9.17, 15) is 42.8 Å². The average molecular weight is 1350 g/mol. The van der Waals surface area contributed by atoms with Crippen molar-refractivity contribution in [1.29, 1.82) is 10.5 Å². The molecule has 4 aromatic heterocycles. The van der Waals surface area contributed by atoms with Crippen LogP contribution in [-0.2, 0) is 19.1 Å². The molecule has 2 aromatic carbocycles. The van der Waals surface area contributed by atoms with Crippen molar-refractivity contribution in [3.8, 4) is 57.9 Å². The summed E-state index contributed by atoms with van der Waals surface area (Å²) < 4.78 is 91.8. The number of anilines is 6. The molecule has 12 rings (SSSR count). The van der Waals surface area contributed by atoms with Crippen LogP contribution in [0.15, 0.2) is 85.5 Å². The van der Waals surface area contributed by atoms with Gasteiger partial charge in [0, 0.05) is 94.0 Å². The number of hydrogen-bond acceptors (Lipinski definition) is 25. The van der Waals surface area contributed by atoms with E-state index in [4.69, 9.17) is 43.6 Å². The number of piperazine rings is 2. The Hall–Kier alpha value is -9.34. The Kier molecular flexibility index (Phi) is 22.7. The lowest BCUT2D eigenvalue weighted by Gasteiger charge is -2.46. The molecule has 6 atom stereocenters. The predicted octanol–water partition coefficient (Wildman–Crippen LogP) is 5.97. The number of halogens is 4. The van der Waals surface area contributed by atoms with Crippen LogP contribution < -0.4 is 44.7 Å². The number of nitriles is 2. The van der Waals surface area contributed by atoms with Gasteiger partial charge in [-0.3, -0.25) is 14.6 Å². The number of alkyl halides is 4. The second kappa shape index (κ2) is 31.2. The number of methoxy groups -OCH3 is 2. The smallest absolute Gasteiger partial charge is 0.332 e. The maximum absolute atomic E-state index is 14.9. The predicted molar refractivity (Wildman–Crippen MR) is 347 cm³/mol. The van der Waals surface area contributed by atoms with Crippen molar-refractivity contribution >= 4 is 46.5 Å². The molecular formula is C66H78F4N16O11. The van der Waals surface area contributed by atoms with Gasteiger partial charge in [-0.15, -0.1) is 0 Å². The maximum atomic E-state index is 14.9. The van der Waals surface area contributed by atoms with E-state index in [1.807, 2.05) is 30.3 Å². The van der Waals surface area contributed by atoms with Crippen LogP contribution in [0.5, 0.6) is 23.3 Å². The van der Waals surface area contributed by atoms with E-state index in [1.54, 1.807) is 44.6 Å². The van der Waals surface area contributed by atoms with Gasteiger partial charge in [0.1, 0.15) is 83.1 Å². The number of amides is 1. The molecule has 516 valence electrons. The molecule has 6 N–H and O–H groups in total. The number of nitrogens with zero attached hydrogens (tertiary/aromatic N) is 13. The fraction of sp³-hybridized carbons (Fsp3) is 0.485. The van der Waals surface area contributed by atoms with Crippen LogP contribution in [0, 0.1) is 22.7 Å². The lowest BCUT2D eigenvalue weighted by Crippen LogP contribution is -2.59. The molecule has 6 aromatic rings. The number of nitrogens with one attached hydrogen (secondary N) is 3. The van der Waals surface area contributed by atoms with Crippen LogP contribution in [0.1, 0.15) is 51.7 Å². The zero-order chi connectivity index (χ0) is 69.1. The molecule has 0 saturated carbocycles. The number of carboxylic acid groups (broad SMARTS) is 1. The van der Waals surface area contributed by atoms with Crippen LogP contribution in [-0.4, -0.2) is 238 Å². The highest BCUT2D eigenvalue weighted by Gasteiger charge is 2.49. The number of carbonyl (C=O) groups excluding carboxylic acids is 1. The third-order valence-corrected chi connectivity index (χ3v) is 17.4. The van der Waals surface area contributed by atoms with Crippen molar-refractivity contribution in [1.82, 2.24) is 49.9 Å². The molecule has 10 heterocycles. The van der Waals surface area contributed by atoms with E-state index in [0.29, 0.717) is 82.2 Å². The van der Waals surface area contributed by atoms with Crippen molar-refractivity contribution < 1.29 is 70.9 Å². The lowest BCUT2D eigenvalue weighted by atomic mass is 10.0. The number of aromatic nitrogens is 6. The van der Waals surface area contributed by atoms with E-state index >= 15 is 0 Å². The van der Waals surface area contributed by atoms with Crippen molar-refractivity contribution in [3.63, 3.8) is 0 Å². The number of rotatable bonds is 18. The topological polar surface area (TPSA) is 327 Å². The van der Waals surface area contributed by atoms with E-state index in [0.717, 1.165) is 82.0 Å². The highest BCUT2D eigenvalue weighted by molar-refractivity contribution is 5.80. The summed E-state index contributed by atoms with van der Waals surface area (Å²) in [4.78, 5) is 58.7. The summed E-state index contributed by atoms with van der Waals surface area (Å²) in [6, 6.07) is 26.2. The molecule has 0 spiro atoms.